The van der Waals surface area contributed by atoms with Crippen molar-refractivity contribution < 1.29 is 14.7 Å². The van der Waals surface area contributed by atoms with E-state index in [4.69, 9.17) is 0 Å². The Morgan fingerprint density at radius 2 is 1.96 bits per heavy atom. The molecule has 1 saturated carbocycles. The number of carbonyl (C=O) groups is 2. The Hall–Kier alpha value is -2.21. The van der Waals surface area contributed by atoms with E-state index in [1.807, 2.05) is 24.3 Å². The van der Waals surface area contributed by atoms with Crippen molar-refractivity contribution in [3.8, 4) is 0 Å². The number of carboxylic acids is 1. The van der Waals surface area contributed by atoms with Crippen LogP contribution in [-0.2, 0) is 17.8 Å². The molecule has 1 aliphatic heterocycles. The van der Waals surface area contributed by atoms with Crippen molar-refractivity contribution in [3.63, 3.8) is 0 Å². The lowest BCUT2D eigenvalue weighted by atomic mass is 9.94. The first-order valence-electron chi connectivity index (χ1n) is 7.69. The van der Waals surface area contributed by atoms with Crippen LogP contribution in [-0.4, -0.2) is 32.9 Å². The molecule has 118 valence electrons. The Bertz CT molecular complexity index is 782. The van der Waals surface area contributed by atoms with Gasteiger partial charge in [-0.25, -0.2) is 9.78 Å². The van der Waals surface area contributed by atoms with Crippen molar-refractivity contribution in [2.45, 2.75) is 37.8 Å². The van der Waals surface area contributed by atoms with Gasteiger partial charge in [-0.05, 0) is 24.0 Å². The van der Waals surface area contributed by atoms with Crippen molar-refractivity contribution in [3.05, 3.63) is 51.5 Å². The van der Waals surface area contributed by atoms with Gasteiger partial charge in [-0.1, -0.05) is 24.3 Å². The van der Waals surface area contributed by atoms with Gasteiger partial charge in [-0.15, -0.1) is 11.3 Å². The molecule has 23 heavy (non-hydrogen) atoms. The molecule has 1 unspecified atom stereocenters. The zero-order valence-corrected chi connectivity index (χ0v) is 13.3. The summed E-state index contributed by atoms with van der Waals surface area (Å²) in [7, 11) is 0. The van der Waals surface area contributed by atoms with Crippen LogP contribution >= 0.6 is 11.3 Å². The van der Waals surface area contributed by atoms with Crippen molar-refractivity contribution in [1.82, 2.24) is 9.88 Å². The molecule has 4 rings (SSSR count). The minimum absolute atomic E-state index is 0.282. The smallest absolute Gasteiger partial charge is 0.326 e. The highest BCUT2D eigenvalue weighted by molar-refractivity contribution is 7.10. The van der Waals surface area contributed by atoms with Crippen LogP contribution < -0.4 is 0 Å². The molecule has 1 atom stereocenters. The molecule has 2 aromatic rings. The van der Waals surface area contributed by atoms with Crippen molar-refractivity contribution in [2.75, 3.05) is 0 Å². The number of carbonyl (C=O) groups excluding carboxylic acids is 1. The predicted octanol–water partition coefficient (Wildman–Crippen LogP) is 2.67. The Balaban J connectivity index is 1.64. The summed E-state index contributed by atoms with van der Waals surface area (Å²) >= 11 is 1.50. The lowest BCUT2D eigenvalue weighted by Gasteiger charge is -2.34. The highest BCUT2D eigenvalue weighted by Gasteiger charge is 2.36. The third-order valence-corrected chi connectivity index (χ3v) is 5.47. The van der Waals surface area contributed by atoms with Crippen LogP contribution in [0.4, 0.5) is 0 Å². The maximum Gasteiger partial charge on any atom is 0.326 e. The lowest BCUT2D eigenvalue weighted by molar-refractivity contribution is -0.142. The zero-order chi connectivity index (χ0) is 16.0. The molecule has 1 aliphatic carbocycles. The van der Waals surface area contributed by atoms with E-state index < -0.39 is 12.0 Å². The van der Waals surface area contributed by atoms with E-state index in [1.165, 1.54) is 16.2 Å². The highest BCUT2D eigenvalue weighted by atomic mass is 32.1. The molecule has 1 aromatic heterocycles. The summed E-state index contributed by atoms with van der Waals surface area (Å²) in [6, 6.07) is 6.86. The second-order valence-corrected chi connectivity index (χ2v) is 6.99. The van der Waals surface area contributed by atoms with Crippen LogP contribution in [0.15, 0.2) is 29.6 Å². The molecule has 1 aromatic carbocycles. The van der Waals surface area contributed by atoms with Crippen LogP contribution in [0, 0.1) is 0 Å². The third-order valence-electron chi connectivity index (χ3n) is 4.46. The van der Waals surface area contributed by atoms with E-state index in [1.54, 1.807) is 5.38 Å². The molecule has 1 N–H and O–H groups in total. The van der Waals surface area contributed by atoms with Crippen LogP contribution in [0.25, 0.3) is 0 Å². The minimum atomic E-state index is -0.967. The molecular formula is C17H16N2O3S. The molecule has 1 amide bonds. The summed E-state index contributed by atoms with van der Waals surface area (Å²) in [5.41, 5.74) is 2.39. The molecule has 2 heterocycles. The van der Waals surface area contributed by atoms with Crippen molar-refractivity contribution in [2.24, 2.45) is 0 Å². The van der Waals surface area contributed by atoms with E-state index in [9.17, 15) is 14.7 Å². The monoisotopic (exact) mass is 328 g/mol. The standard InChI is InChI=1S/C17H16N2O3S/c20-16(13-9-23-15(18-13)10-5-6-10)19-8-12-4-2-1-3-11(12)7-14(19)17(21)22/h1-4,9-10,14H,5-8H2,(H,21,22). The lowest BCUT2D eigenvalue weighted by Crippen LogP contribution is -2.48. The largest absolute Gasteiger partial charge is 0.480 e. The van der Waals surface area contributed by atoms with Crippen molar-refractivity contribution in [1.29, 1.82) is 0 Å². The van der Waals surface area contributed by atoms with Gasteiger partial charge in [-0.3, -0.25) is 4.79 Å². The first-order valence-corrected chi connectivity index (χ1v) is 8.57. The number of rotatable bonds is 3. The molecule has 0 radical (unpaired) electrons. The number of aliphatic carboxylic acids is 1. The van der Waals surface area contributed by atoms with Gasteiger partial charge in [0.05, 0.1) is 5.01 Å². The number of aromatic nitrogens is 1. The predicted molar refractivity (Wildman–Crippen MR) is 85.5 cm³/mol. The van der Waals surface area contributed by atoms with E-state index in [2.05, 4.69) is 4.98 Å². The van der Waals surface area contributed by atoms with Gasteiger partial charge in [0.15, 0.2) is 0 Å². The summed E-state index contributed by atoms with van der Waals surface area (Å²) in [4.78, 5) is 30.3. The average Bonchev–Trinajstić information content (AvgIpc) is 3.30. The van der Waals surface area contributed by atoms with E-state index >= 15 is 0 Å². The summed E-state index contributed by atoms with van der Waals surface area (Å²) in [5.74, 6) is -0.751. The maximum absolute atomic E-state index is 12.8. The number of fused-ring (bicyclic) bond motifs is 1. The summed E-state index contributed by atoms with van der Waals surface area (Å²) in [6.45, 7) is 0.322. The summed E-state index contributed by atoms with van der Waals surface area (Å²) < 4.78 is 0. The number of carboxylic acid groups (broad SMARTS) is 1. The fraction of sp³-hybridized carbons (Fsp3) is 0.353. The van der Waals surface area contributed by atoms with Crippen LogP contribution in [0.3, 0.4) is 0 Å². The van der Waals surface area contributed by atoms with Gasteiger partial charge in [0.25, 0.3) is 5.91 Å². The second kappa shape index (κ2) is 5.45. The van der Waals surface area contributed by atoms with Crippen LogP contribution in [0.2, 0.25) is 0 Å². The molecule has 0 bridgehead atoms. The van der Waals surface area contributed by atoms with Gasteiger partial charge in [0.1, 0.15) is 11.7 Å². The van der Waals surface area contributed by atoms with Gasteiger partial charge in [0.2, 0.25) is 0 Å². The summed E-state index contributed by atoms with van der Waals surface area (Å²) in [5, 5.41) is 12.3. The van der Waals surface area contributed by atoms with Gasteiger partial charge < -0.3 is 10.0 Å². The number of amides is 1. The van der Waals surface area contributed by atoms with E-state index in [-0.39, 0.29) is 5.91 Å². The van der Waals surface area contributed by atoms with Crippen molar-refractivity contribution >= 4 is 23.2 Å². The molecular weight excluding hydrogens is 312 g/mol. The van der Waals surface area contributed by atoms with E-state index in [0.717, 1.165) is 29.0 Å². The number of hydrogen-bond donors (Lipinski definition) is 1. The van der Waals surface area contributed by atoms with Gasteiger partial charge in [-0.2, -0.15) is 0 Å². The SMILES string of the molecule is O=C(O)C1Cc2ccccc2CN1C(=O)c1csc(C2CC2)n1. The average molecular weight is 328 g/mol. The zero-order valence-electron chi connectivity index (χ0n) is 12.4. The minimum Gasteiger partial charge on any atom is -0.480 e. The fourth-order valence-electron chi connectivity index (χ4n) is 3.01. The number of hydrogen-bond acceptors (Lipinski definition) is 4. The number of benzene rings is 1. The molecule has 2 aliphatic rings. The van der Waals surface area contributed by atoms with Crippen LogP contribution in [0.5, 0.6) is 0 Å². The Kier molecular flexibility index (Phi) is 3.41. The topological polar surface area (TPSA) is 70.5 Å². The summed E-state index contributed by atoms with van der Waals surface area (Å²) in [6.07, 6.45) is 2.61. The van der Waals surface area contributed by atoms with E-state index in [0.29, 0.717) is 24.6 Å². The Labute approximate surface area is 137 Å². The van der Waals surface area contributed by atoms with Gasteiger partial charge in [0, 0.05) is 24.3 Å². The third kappa shape index (κ3) is 2.63. The molecule has 5 nitrogen and oxygen atoms in total. The Morgan fingerprint density at radius 1 is 1.22 bits per heavy atom. The first-order chi connectivity index (χ1) is 11.1. The molecule has 6 heteroatoms. The Morgan fingerprint density at radius 3 is 2.65 bits per heavy atom. The maximum atomic E-state index is 12.8. The number of nitrogens with zero attached hydrogens (tertiary/aromatic N) is 2. The second-order valence-electron chi connectivity index (χ2n) is 6.11. The first kappa shape index (κ1) is 14.4. The van der Waals surface area contributed by atoms with Gasteiger partial charge >= 0.3 is 5.97 Å². The van der Waals surface area contributed by atoms with Crippen LogP contribution in [0.1, 0.15) is 45.4 Å². The normalized spacial score (nSPS) is 20.2. The fourth-order valence-corrected chi connectivity index (χ4v) is 3.97. The molecule has 1 fully saturated rings. The number of thiazole rings is 1. The highest BCUT2D eigenvalue weighted by Crippen LogP contribution is 2.41. The molecule has 0 saturated heterocycles. The molecule has 0 spiro atoms. The quantitative estimate of drug-likeness (QED) is 0.940.